The zero-order chi connectivity index (χ0) is 9.15. The van der Waals surface area contributed by atoms with Crippen LogP contribution in [0, 0.1) is 16.7 Å². The molecule has 1 N–H and O–H groups in total. The summed E-state index contributed by atoms with van der Waals surface area (Å²) in [5.41, 5.74) is -0.155. The predicted molar refractivity (Wildman–Crippen MR) is 45.6 cm³/mol. The molecule has 12 heavy (non-hydrogen) atoms. The summed E-state index contributed by atoms with van der Waals surface area (Å²) in [7, 11) is 0. The van der Waals surface area contributed by atoms with E-state index in [2.05, 4.69) is 13.8 Å². The summed E-state index contributed by atoms with van der Waals surface area (Å²) in [6.45, 7) is 6.26. The van der Waals surface area contributed by atoms with E-state index in [9.17, 15) is 9.90 Å². The fourth-order valence-corrected chi connectivity index (χ4v) is 2.97. The van der Waals surface area contributed by atoms with E-state index in [0.717, 1.165) is 0 Å². The van der Waals surface area contributed by atoms with Gasteiger partial charge >= 0.3 is 0 Å². The summed E-state index contributed by atoms with van der Waals surface area (Å²) in [4.78, 5) is 11.5. The number of rotatable bonds is 0. The van der Waals surface area contributed by atoms with Crippen LogP contribution in [-0.4, -0.2) is 17.0 Å². The Hall–Kier alpha value is -0.370. The van der Waals surface area contributed by atoms with E-state index in [-0.39, 0.29) is 22.9 Å². The Kier molecular flexibility index (Phi) is 1.32. The van der Waals surface area contributed by atoms with Gasteiger partial charge in [-0.25, -0.2) is 0 Å². The van der Waals surface area contributed by atoms with Crippen LogP contribution in [-0.2, 0) is 4.79 Å². The van der Waals surface area contributed by atoms with Gasteiger partial charge in [-0.3, -0.25) is 4.79 Å². The van der Waals surface area contributed by atoms with Crippen molar-refractivity contribution in [1.29, 1.82) is 0 Å². The monoisotopic (exact) mass is 168 g/mol. The van der Waals surface area contributed by atoms with Gasteiger partial charge < -0.3 is 5.11 Å². The summed E-state index contributed by atoms with van der Waals surface area (Å²) in [5, 5.41) is 9.78. The van der Waals surface area contributed by atoms with Gasteiger partial charge in [-0.2, -0.15) is 0 Å². The average Bonchev–Trinajstić information content (AvgIpc) is 2.18. The van der Waals surface area contributed by atoms with Gasteiger partial charge in [0.05, 0.1) is 6.10 Å². The van der Waals surface area contributed by atoms with Gasteiger partial charge in [0.2, 0.25) is 0 Å². The Morgan fingerprint density at radius 3 is 2.25 bits per heavy atom. The zero-order valence-electron chi connectivity index (χ0n) is 7.92. The van der Waals surface area contributed by atoms with Crippen LogP contribution in [0.2, 0.25) is 0 Å². The molecule has 68 valence electrons. The SMILES string of the molecule is CC1(C)C2CC(O)[C@@]1(C)CC2=O. The second kappa shape index (κ2) is 1.92. The van der Waals surface area contributed by atoms with Crippen LogP contribution in [0.1, 0.15) is 33.6 Å². The van der Waals surface area contributed by atoms with Crippen LogP contribution in [0.15, 0.2) is 0 Å². The molecule has 0 heterocycles. The first-order valence-corrected chi connectivity index (χ1v) is 4.60. The molecule has 0 aromatic heterocycles. The van der Waals surface area contributed by atoms with E-state index in [0.29, 0.717) is 18.6 Å². The number of fused-ring (bicyclic) bond motifs is 2. The minimum absolute atomic E-state index is 0.00347. The molecule has 2 rings (SSSR count). The van der Waals surface area contributed by atoms with Crippen LogP contribution in [0.25, 0.3) is 0 Å². The van der Waals surface area contributed by atoms with Gasteiger partial charge in [-0.15, -0.1) is 0 Å². The molecule has 0 amide bonds. The molecule has 0 radical (unpaired) electrons. The third-order valence-corrected chi connectivity index (χ3v) is 4.47. The van der Waals surface area contributed by atoms with Gasteiger partial charge in [0, 0.05) is 17.8 Å². The van der Waals surface area contributed by atoms with Crippen LogP contribution < -0.4 is 0 Å². The lowest BCUT2D eigenvalue weighted by molar-refractivity contribution is -0.124. The van der Waals surface area contributed by atoms with Crippen molar-refractivity contribution in [2.24, 2.45) is 16.7 Å². The van der Waals surface area contributed by atoms with E-state index in [4.69, 9.17) is 0 Å². The van der Waals surface area contributed by atoms with Crippen molar-refractivity contribution in [3.63, 3.8) is 0 Å². The van der Waals surface area contributed by atoms with E-state index < -0.39 is 0 Å². The number of hydrogen-bond donors (Lipinski definition) is 1. The van der Waals surface area contributed by atoms with Crippen molar-refractivity contribution in [2.45, 2.75) is 39.7 Å². The lowest BCUT2D eigenvalue weighted by Crippen LogP contribution is -2.35. The molecule has 0 saturated heterocycles. The van der Waals surface area contributed by atoms with Crippen molar-refractivity contribution < 1.29 is 9.90 Å². The molecule has 0 spiro atoms. The third-order valence-electron chi connectivity index (χ3n) is 4.47. The molecule has 3 atom stereocenters. The number of aliphatic hydroxyl groups excluding tert-OH is 1. The molecule has 0 aromatic carbocycles. The standard InChI is InChI=1S/C10H16O2/c1-9(2)6-4-8(12)10(9,3)5-7(6)11/h6,8,12H,4-5H2,1-3H3/t6?,8?,10-/m1/s1. The molecular weight excluding hydrogens is 152 g/mol. The maximum Gasteiger partial charge on any atom is 0.137 e. The van der Waals surface area contributed by atoms with Gasteiger partial charge in [0.1, 0.15) is 5.78 Å². The second-order valence-corrected chi connectivity index (χ2v) is 5.09. The third kappa shape index (κ3) is 0.634. The Balaban J connectivity index is 2.47. The van der Waals surface area contributed by atoms with Crippen molar-refractivity contribution in [1.82, 2.24) is 0 Å². The lowest BCUT2D eigenvalue weighted by atomic mass is 9.70. The van der Waals surface area contributed by atoms with Crippen LogP contribution in [0.5, 0.6) is 0 Å². The van der Waals surface area contributed by atoms with Crippen molar-refractivity contribution in [3.05, 3.63) is 0 Å². The minimum Gasteiger partial charge on any atom is -0.393 e. The molecule has 2 heteroatoms. The van der Waals surface area contributed by atoms with Crippen molar-refractivity contribution in [3.8, 4) is 0 Å². The normalized spacial score (nSPS) is 50.2. The van der Waals surface area contributed by atoms with E-state index in [1.165, 1.54) is 0 Å². The Bertz CT molecular complexity index is 244. The lowest BCUT2D eigenvalue weighted by Gasteiger charge is -2.35. The molecule has 0 aliphatic heterocycles. The zero-order valence-corrected chi connectivity index (χ0v) is 7.92. The minimum atomic E-state index is -0.268. The first-order valence-electron chi connectivity index (χ1n) is 4.60. The van der Waals surface area contributed by atoms with E-state index in [1.54, 1.807) is 0 Å². The fraction of sp³-hybridized carbons (Fsp3) is 0.900. The summed E-state index contributed by atoms with van der Waals surface area (Å²) >= 11 is 0. The summed E-state index contributed by atoms with van der Waals surface area (Å²) in [6.07, 6.45) is 0.990. The number of carbonyl (C=O) groups is 1. The number of ketones is 1. The first-order chi connectivity index (χ1) is 5.39. The number of Topliss-reactive ketones (excluding diaryl/α,β-unsaturated/α-hetero) is 1. The van der Waals surface area contributed by atoms with Crippen LogP contribution in [0.4, 0.5) is 0 Å². The molecule has 2 nitrogen and oxygen atoms in total. The number of hydrogen-bond acceptors (Lipinski definition) is 2. The van der Waals surface area contributed by atoms with Crippen molar-refractivity contribution >= 4 is 5.78 Å². The average molecular weight is 168 g/mol. The van der Waals surface area contributed by atoms with Crippen molar-refractivity contribution in [2.75, 3.05) is 0 Å². The quantitative estimate of drug-likeness (QED) is 0.593. The predicted octanol–water partition coefficient (Wildman–Crippen LogP) is 1.37. The van der Waals surface area contributed by atoms with Gasteiger partial charge in [-0.1, -0.05) is 20.8 Å². The maximum atomic E-state index is 11.5. The highest BCUT2D eigenvalue weighted by molar-refractivity contribution is 5.87. The maximum absolute atomic E-state index is 11.5. The Morgan fingerprint density at radius 2 is 2.00 bits per heavy atom. The Labute approximate surface area is 73.0 Å². The summed E-state index contributed by atoms with van der Waals surface area (Å²) < 4.78 is 0. The molecule has 2 aliphatic rings. The molecule has 0 aromatic rings. The molecule has 2 unspecified atom stereocenters. The molecule has 2 saturated carbocycles. The molecule has 2 fully saturated rings. The van der Waals surface area contributed by atoms with Crippen LogP contribution >= 0.6 is 0 Å². The van der Waals surface area contributed by atoms with Gasteiger partial charge in [0.25, 0.3) is 0 Å². The largest absolute Gasteiger partial charge is 0.393 e. The van der Waals surface area contributed by atoms with E-state index >= 15 is 0 Å². The molecule has 2 bridgehead atoms. The topological polar surface area (TPSA) is 37.3 Å². The summed E-state index contributed by atoms with van der Waals surface area (Å²) in [6, 6.07) is 0. The van der Waals surface area contributed by atoms with Gasteiger partial charge in [-0.05, 0) is 11.8 Å². The van der Waals surface area contributed by atoms with Gasteiger partial charge in [0.15, 0.2) is 0 Å². The highest BCUT2D eigenvalue weighted by Gasteiger charge is 2.65. The highest BCUT2D eigenvalue weighted by atomic mass is 16.3. The smallest absolute Gasteiger partial charge is 0.137 e. The number of carbonyl (C=O) groups excluding carboxylic acids is 1. The summed E-state index contributed by atoms with van der Waals surface area (Å²) in [5.74, 6) is 0.463. The van der Waals surface area contributed by atoms with Crippen LogP contribution in [0.3, 0.4) is 0 Å². The number of aliphatic hydroxyl groups is 1. The van der Waals surface area contributed by atoms with E-state index in [1.807, 2.05) is 6.92 Å². The fourth-order valence-electron chi connectivity index (χ4n) is 2.97. The first kappa shape index (κ1) is 8.24. The second-order valence-electron chi connectivity index (χ2n) is 5.09. The molecular formula is C10H16O2. The molecule has 2 aliphatic carbocycles. The Morgan fingerprint density at radius 1 is 1.42 bits per heavy atom. The highest BCUT2D eigenvalue weighted by Crippen LogP contribution is 2.63.